The van der Waals surface area contributed by atoms with Crippen LogP contribution in [0.4, 0.5) is 5.69 Å². The standard InChI is InChI=1S/C19H18N2O4S/c1-21(13-5-7-14(22)8-6-13)19-20-18(23)17(26-19)11-12-4-9-15(24-2)16(10-12)25-3/h4-11,22H,1-3H3. The minimum Gasteiger partial charge on any atom is -0.508 e. The molecule has 6 nitrogen and oxygen atoms in total. The molecule has 1 aliphatic rings. The highest BCUT2D eigenvalue weighted by Gasteiger charge is 2.25. The second-order valence-corrected chi connectivity index (χ2v) is 6.51. The molecule has 0 aliphatic carbocycles. The monoisotopic (exact) mass is 370 g/mol. The Hall–Kier alpha value is -2.93. The number of ether oxygens (including phenoxy) is 2. The molecule has 0 aromatic heterocycles. The number of aliphatic imine (C=N–C) groups is 1. The van der Waals surface area contributed by atoms with Gasteiger partial charge in [0.2, 0.25) is 0 Å². The Kier molecular flexibility index (Phi) is 5.18. The normalized spacial score (nSPS) is 15.1. The van der Waals surface area contributed by atoms with Crippen LogP contribution in [-0.2, 0) is 4.79 Å². The van der Waals surface area contributed by atoms with Crippen LogP contribution in [0, 0.1) is 0 Å². The number of amides is 1. The van der Waals surface area contributed by atoms with Crippen molar-refractivity contribution in [2.24, 2.45) is 4.99 Å². The molecule has 7 heteroatoms. The summed E-state index contributed by atoms with van der Waals surface area (Å²) in [5.74, 6) is 1.13. The number of carbonyl (C=O) groups is 1. The van der Waals surface area contributed by atoms with E-state index in [9.17, 15) is 9.90 Å². The van der Waals surface area contributed by atoms with E-state index < -0.39 is 0 Å². The second-order valence-electron chi connectivity index (χ2n) is 5.50. The first-order valence-electron chi connectivity index (χ1n) is 7.79. The van der Waals surface area contributed by atoms with Crippen molar-refractivity contribution in [3.63, 3.8) is 0 Å². The van der Waals surface area contributed by atoms with Crippen LogP contribution in [0.25, 0.3) is 6.08 Å². The first-order valence-corrected chi connectivity index (χ1v) is 8.61. The largest absolute Gasteiger partial charge is 0.508 e. The average molecular weight is 370 g/mol. The summed E-state index contributed by atoms with van der Waals surface area (Å²) in [7, 11) is 4.97. The lowest BCUT2D eigenvalue weighted by atomic mass is 10.2. The Balaban J connectivity index is 1.81. The summed E-state index contributed by atoms with van der Waals surface area (Å²) in [5, 5.41) is 9.97. The summed E-state index contributed by atoms with van der Waals surface area (Å²) in [5.41, 5.74) is 1.65. The van der Waals surface area contributed by atoms with E-state index in [1.165, 1.54) is 11.8 Å². The quantitative estimate of drug-likeness (QED) is 0.831. The lowest BCUT2D eigenvalue weighted by Gasteiger charge is -2.17. The number of anilines is 1. The lowest BCUT2D eigenvalue weighted by molar-refractivity contribution is -0.113. The van der Waals surface area contributed by atoms with E-state index in [4.69, 9.17) is 9.47 Å². The number of benzene rings is 2. The fraction of sp³-hybridized carbons (Fsp3) is 0.158. The van der Waals surface area contributed by atoms with Crippen molar-refractivity contribution < 1.29 is 19.4 Å². The van der Waals surface area contributed by atoms with E-state index in [0.717, 1.165) is 11.3 Å². The third-order valence-electron chi connectivity index (χ3n) is 3.84. The molecule has 1 amide bonds. The fourth-order valence-electron chi connectivity index (χ4n) is 2.42. The number of carbonyl (C=O) groups excluding carboxylic acids is 1. The highest BCUT2D eigenvalue weighted by atomic mass is 32.2. The SMILES string of the molecule is COc1ccc(C=C2SC(N(C)c3ccc(O)cc3)=NC2=O)cc1OC. The maximum absolute atomic E-state index is 12.3. The van der Waals surface area contributed by atoms with Gasteiger partial charge < -0.3 is 19.5 Å². The number of aromatic hydroxyl groups is 1. The van der Waals surface area contributed by atoms with Crippen LogP contribution in [0.1, 0.15) is 5.56 Å². The summed E-state index contributed by atoms with van der Waals surface area (Å²) in [6, 6.07) is 12.2. The Labute approximate surface area is 155 Å². The number of nitrogens with zero attached hydrogens (tertiary/aromatic N) is 2. The molecule has 134 valence electrons. The predicted molar refractivity (Wildman–Crippen MR) is 104 cm³/mol. The van der Waals surface area contributed by atoms with Crippen LogP contribution >= 0.6 is 11.8 Å². The topological polar surface area (TPSA) is 71.4 Å². The van der Waals surface area contributed by atoms with Crippen molar-refractivity contribution in [3.8, 4) is 17.2 Å². The first-order chi connectivity index (χ1) is 12.5. The summed E-state index contributed by atoms with van der Waals surface area (Å²) in [4.78, 5) is 18.7. The van der Waals surface area contributed by atoms with Crippen LogP contribution in [0.5, 0.6) is 17.2 Å². The van der Waals surface area contributed by atoms with Crippen molar-refractivity contribution in [2.45, 2.75) is 0 Å². The number of rotatable bonds is 4. The maximum Gasteiger partial charge on any atom is 0.286 e. The van der Waals surface area contributed by atoms with Crippen molar-refractivity contribution in [3.05, 3.63) is 52.9 Å². The molecule has 1 N–H and O–H groups in total. The Morgan fingerprint density at radius 2 is 1.77 bits per heavy atom. The van der Waals surface area contributed by atoms with E-state index in [-0.39, 0.29) is 11.7 Å². The van der Waals surface area contributed by atoms with Gasteiger partial charge in [0.05, 0.1) is 19.1 Å². The number of methoxy groups -OCH3 is 2. The van der Waals surface area contributed by atoms with Crippen LogP contribution < -0.4 is 14.4 Å². The molecule has 0 radical (unpaired) electrons. The number of thioether (sulfide) groups is 1. The zero-order valence-electron chi connectivity index (χ0n) is 14.6. The molecular weight excluding hydrogens is 352 g/mol. The summed E-state index contributed by atoms with van der Waals surface area (Å²) in [6.07, 6.45) is 1.77. The highest BCUT2D eigenvalue weighted by Crippen LogP contribution is 2.34. The van der Waals surface area contributed by atoms with E-state index in [1.54, 1.807) is 61.6 Å². The van der Waals surface area contributed by atoms with Gasteiger partial charge in [-0.25, -0.2) is 0 Å². The molecule has 0 fully saturated rings. The van der Waals surface area contributed by atoms with Gasteiger partial charge in [0.1, 0.15) is 5.75 Å². The van der Waals surface area contributed by atoms with Gasteiger partial charge in [-0.3, -0.25) is 4.79 Å². The zero-order valence-corrected chi connectivity index (χ0v) is 15.4. The molecule has 0 bridgehead atoms. The first kappa shape index (κ1) is 17.9. The van der Waals surface area contributed by atoms with Crippen LogP contribution in [0.15, 0.2) is 52.4 Å². The van der Waals surface area contributed by atoms with E-state index in [2.05, 4.69) is 4.99 Å². The Bertz CT molecular complexity index is 891. The van der Waals surface area contributed by atoms with Crippen molar-refractivity contribution >= 4 is 34.6 Å². The van der Waals surface area contributed by atoms with E-state index >= 15 is 0 Å². The van der Waals surface area contributed by atoms with Crippen molar-refractivity contribution in [1.29, 1.82) is 0 Å². The summed E-state index contributed by atoms with van der Waals surface area (Å²) < 4.78 is 10.5. The van der Waals surface area contributed by atoms with Crippen LogP contribution in [0.2, 0.25) is 0 Å². The smallest absolute Gasteiger partial charge is 0.286 e. The molecule has 0 atom stereocenters. The predicted octanol–water partition coefficient (Wildman–Crippen LogP) is 3.52. The van der Waals surface area contributed by atoms with Crippen molar-refractivity contribution in [2.75, 3.05) is 26.2 Å². The highest BCUT2D eigenvalue weighted by molar-refractivity contribution is 8.18. The minimum atomic E-state index is -0.287. The van der Waals surface area contributed by atoms with Gasteiger partial charge >= 0.3 is 0 Å². The number of hydrogen-bond acceptors (Lipinski definition) is 6. The second kappa shape index (κ2) is 7.53. The van der Waals surface area contributed by atoms with Crippen LogP contribution in [-0.4, -0.2) is 37.4 Å². The molecule has 3 rings (SSSR count). The third kappa shape index (κ3) is 3.67. The van der Waals surface area contributed by atoms with Gasteiger partial charge in [-0.2, -0.15) is 4.99 Å². The number of hydrogen-bond donors (Lipinski definition) is 1. The molecule has 2 aromatic rings. The van der Waals surface area contributed by atoms with Gasteiger partial charge in [-0.05, 0) is 59.8 Å². The number of phenols is 1. The van der Waals surface area contributed by atoms with Crippen molar-refractivity contribution in [1.82, 2.24) is 0 Å². The van der Waals surface area contributed by atoms with E-state index in [1.807, 2.05) is 13.1 Å². The van der Waals surface area contributed by atoms with Gasteiger partial charge in [0.15, 0.2) is 16.7 Å². The maximum atomic E-state index is 12.3. The molecule has 0 saturated heterocycles. The van der Waals surface area contributed by atoms with Gasteiger partial charge in [0.25, 0.3) is 5.91 Å². The molecule has 1 heterocycles. The van der Waals surface area contributed by atoms with Gasteiger partial charge in [-0.15, -0.1) is 0 Å². The zero-order chi connectivity index (χ0) is 18.7. The third-order valence-corrected chi connectivity index (χ3v) is 4.90. The summed E-state index contributed by atoms with van der Waals surface area (Å²) in [6.45, 7) is 0. The molecule has 26 heavy (non-hydrogen) atoms. The molecule has 0 spiro atoms. The Morgan fingerprint density at radius 1 is 1.08 bits per heavy atom. The molecule has 1 aliphatic heterocycles. The fourth-order valence-corrected chi connectivity index (χ4v) is 3.32. The average Bonchev–Trinajstić information content (AvgIpc) is 3.02. The summed E-state index contributed by atoms with van der Waals surface area (Å²) >= 11 is 1.30. The number of amidine groups is 1. The molecule has 0 saturated carbocycles. The minimum absolute atomic E-state index is 0.188. The molecule has 0 unspecified atom stereocenters. The Morgan fingerprint density at radius 3 is 2.42 bits per heavy atom. The van der Waals surface area contributed by atoms with Crippen LogP contribution in [0.3, 0.4) is 0 Å². The van der Waals surface area contributed by atoms with E-state index in [0.29, 0.717) is 21.6 Å². The lowest BCUT2D eigenvalue weighted by Crippen LogP contribution is -2.21. The molecule has 2 aromatic carbocycles. The van der Waals surface area contributed by atoms with Gasteiger partial charge in [0, 0.05) is 12.7 Å². The molecular formula is C19H18N2O4S. The number of phenolic OH excluding ortho intramolecular Hbond substituents is 1. The van der Waals surface area contributed by atoms with Gasteiger partial charge in [-0.1, -0.05) is 6.07 Å².